The van der Waals surface area contributed by atoms with Crippen molar-refractivity contribution in [2.75, 3.05) is 5.32 Å². The zero-order valence-corrected chi connectivity index (χ0v) is 16.1. The maximum absolute atomic E-state index is 12.6. The monoisotopic (exact) mass is 468 g/mol. The topological polar surface area (TPSA) is 80.9 Å². The van der Waals surface area contributed by atoms with E-state index in [4.69, 9.17) is 4.52 Å². The smallest absolute Gasteiger partial charge is 0.260 e. The molecule has 0 fully saturated rings. The highest BCUT2D eigenvalue weighted by Gasteiger charge is 2.16. The van der Waals surface area contributed by atoms with Crippen molar-refractivity contribution in [2.45, 2.75) is 0 Å². The molecule has 4 aromatic rings. The lowest BCUT2D eigenvalue weighted by Gasteiger charge is -2.08. The molecule has 2 heterocycles. The Hall–Kier alpha value is -3.07. The Morgan fingerprint density at radius 3 is 2.63 bits per heavy atom. The fourth-order valence-corrected chi connectivity index (χ4v) is 3.10. The molecule has 27 heavy (non-hydrogen) atoms. The second-order valence-electron chi connectivity index (χ2n) is 5.67. The second kappa shape index (κ2) is 7.67. The number of rotatable bonds is 4. The summed E-state index contributed by atoms with van der Waals surface area (Å²) in [6.07, 6.45) is 3.33. The Labute approximate surface area is 168 Å². The van der Waals surface area contributed by atoms with E-state index >= 15 is 0 Å². The number of hydrogen-bond acceptors (Lipinski definition) is 5. The predicted octanol–water partition coefficient (Wildman–Crippen LogP) is 4.66. The second-order valence-corrected chi connectivity index (χ2v) is 6.91. The van der Waals surface area contributed by atoms with Crippen molar-refractivity contribution in [3.05, 3.63) is 82.2 Å². The molecule has 0 saturated carbocycles. The van der Waals surface area contributed by atoms with Crippen LogP contribution in [0, 0.1) is 3.57 Å². The number of aromatic nitrogens is 3. The number of nitrogens with one attached hydrogen (secondary N) is 1. The summed E-state index contributed by atoms with van der Waals surface area (Å²) in [6, 6.07) is 18.3. The normalized spacial score (nSPS) is 10.6. The Balaban J connectivity index is 1.64. The largest absolute Gasteiger partial charge is 0.334 e. The minimum Gasteiger partial charge on any atom is -0.334 e. The fraction of sp³-hybridized carbons (Fsp3) is 0. The number of benzene rings is 2. The molecule has 6 nitrogen and oxygen atoms in total. The first kappa shape index (κ1) is 17.3. The molecule has 0 aliphatic heterocycles. The molecule has 132 valence electrons. The van der Waals surface area contributed by atoms with Gasteiger partial charge in [-0.1, -0.05) is 23.4 Å². The SMILES string of the molecule is O=C(Nc1ccccc1-c1nc(-c2ccncc2)no1)c1cccc(I)c1. The number of pyridine rings is 1. The van der Waals surface area contributed by atoms with Crippen molar-refractivity contribution in [1.82, 2.24) is 15.1 Å². The number of anilines is 1. The molecule has 1 amide bonds. The molecule has 4 rings (SSSR count). The van der Waals surface area contributed by atoms with Crippen LogP contribution in [0.15, 0.2) is 77.6 Å². The van der Waals surface area contributed by atoms with E-state index in [9.17, 15) is 4.79 Å². The molecule has 0 aliphatic carbocycles. The summed E-state index contributed by atoms with van der Waals surface area (Å²) in [5, 5.41) is 6.95. The van der Waals surface area contributed by atoms with Crippen molar-refractivity contribution in [3.8, 4) is 22.8 Å². The lowest BCUT2D eigenvalue weighted by atomic mass is 10.1. The van der Waals surface area contributed by atoms with E-state index in [1.54, 1.807) is 36.7 Å². The van der Waals surface area contributed by atoms with Crippen LogP contribution in [0.2, 0.25) is 0 Å². The number of carbonyl (C=O) groups is 1. The highest BCUT2D eigenvalue weighted by molar-refractivity contribution is 14.1. The highest BCUT2D eigenvalue weighted by atomic mass is 127. The Kier molecular flexibility index (Phi) is 4.93. The van der Waals surface area contributed by atoms with Crippen LogP contribution in [0.25, 0.3) is 22.8 Å². The number of carbonyl (C=O) groups excluding carboxylic acids is 1. The summed E-state index contributed by atoms with van der Waals surface area (Å²) < 4.78 is 6.41. The molecule has 0 bridgehead atoms. The first-order valence-corrected chi connectivity index (χ1v) is 9.19. The van der Waals surface area contributed by atoms with Crippen LogP contribution < -0.4 is 5.32 Å². The van der Waals surface area contributed by atoms with Gasteiger partial charge in [0.15, 0.2) is 0 Å². The summed E-state index contributed by atoms with van der Waals surface area (Å²) >= 11 is 2.18. The molecular formula is C20H13IN4O2. The van der Waals surface area contributed by atoms with Gasteiger partial charge in [0.05, 0.1) is 11.3 Å². The molecule has 0 saturated heterocycles. The third-order valence-corrected chi connectivity index (χ3v) is 4.53. The molecule has 0 spiro atoms. The van der Waals surface area contributed by atoms with Crippen LogP contribution in [-0.4, -0.2) is 21.0 Å². The lowest BCUT2D eigenvalue weighted by molar-refractivity contribution is 0.102. The Bertz CT molecular complexity index is 1100. The molecule has 1 N–H and O–H groups in total. The van der Waals surface area contributed by atoms with Crippen molar-refractivity contribution < 1.29 is 9.32 Å². The van der Waals surface area contributed by atoms with Crippen LogP contribution in [0.5, 0.6) is 0 Å². The van der Waals surface area contributed by atoms with E-state index in [2.05, 4.69) is 43.0 Å². The summed E-state index contributed by atoms with van der Waals surface area (Å²) in [6.45, 7) is 0. The standard InChI is InChI=1S/C20H13IN4O2/c21-15-5-3-4-14(12-15)19(26)23-17-7-2-1-6-16(17)20-24-18(25-27-20)13-8-10-22-11-9-13/h1-12H,(H,23,26). The van der Waals surface area contributed by atoms with Crippen molar-refractivity contribution in [3.63, 3.8) is 0 Å². The van der Waals surface area contributed by atoms with Crippen LogP contribution in [0.1, 0.15) is 10.4 Å². The predicted molar refractivity (Wildman–Crippen MR) is 110 cm³/mol. The maximum Gasteiger partial charge on any atom is 0.260 e. The molecular weight excluding hydrogens is 455 g/mol. The number of amides is 1. The summed E-state index contributed by atoms with van der Waals surface area (Å²) in [5.41, 5.74) is 2.65. The minimum atomic E-state index is -0.199. The third-order valence-electron chi connectivity index (χ3n) is 3.86. The first-order chi connectivity index (χ1) is 13.2. The van der Waals surface area contributed by atoms with E-state index in [0.29, 0.717) is 28.5 Å². The summed E-state index contributed by atoms with van der Waals surface area (Å²) in [7, 11) is 0. The molecule has 0 atom stereocenters. The zero-order chi connectivity index (χ0) is 18.6. The average molecular weight is 468 g/mol. The van der Waals surface area contributed by atoms with Gasteiger partial charge in [0, 0.05) is 27.1 Å². The molecule has 7 heteroatoms. The van der Waals surface area contributed by atoms with E-state index in [1.807, 2.05) is 36.4 Å². The maximum atomic E-state index is 12.6. The van der Waals surface area contributed by atoms with Crippen molar-refractivity contribution in [1.29, 1.82) is 0 Å². The number of nitrogens with zero attached hydrogens (tertiary/aromatic N) is 3. The number of hydrogen-bond donors (Lipinski definition) is 1. The van der Waals surface area contributed by atoms with Crippen LogP contribution in [0.4, 0.5) is 5.69 Å². The first-order valence-electron chi connectivity index (χ1n) is 8.11. The minimum absolute atomic E-state index is 0.199. The summed E-state index contributed by atoms with van der Waals surface area (Å²) in [5.74, 6) is 0.598. The number of para-hydroxylation sites is 1. The van der Waals surface area contributed by atoms with Gasteiger partial charge in [-0.3, -0.25) is 9.78 Å². The molecule has 2 aromatic heterocycles. The van der Waals surface area contributed by atoms with E-state index in [0.717, 1.165) is 9.13 Å². The molecule has 0 aliphatic rings. The van der Waals surface area contributed by atoms with Gasteiger partial charge in [-0.2, -0.15) is 4.98 Å². The fourth-order valence-electron chi connectivity index (χ4n) is 2.55. The Morgan fingerprint density at radius 2 is 1.81 bits per heavy atom. The van der Waals surface area contributed by atoms with E-state index in [1.165, 1.54) is 0 Å². The van der Waals surface area contributed by atoms with Gasteiger partial charge in [-0.05, 0) is 65.1 Å². The summed E-state index contributed by atoms with van der Waals surface area (Å²) in [4.78, 5) is 21.0. The van der Waals surface area contributed by atoms with E-state index < -0.39 is 0 Å². The quantitative estimate of drug-likeness (QED) is 0.441. The van der Waals surface area contributed by atoms with Gasteiger partial charge in [-0.15, -0.1) is 0 Å². The zero-order valence-electron chi connectivity index (χ0n) is 14.0. The molecule has 0 unspecified atom stereocenters. The van der Waals surface area contributed by atoms with Gasteiger partial charge in [-0.25, -0.2) is 0 Å². The van der Waals surface area contributed by atoms with Crippen molar-refractivity contribution in [2.24, 2.45) is 0 Å². The van der Waals surface area contributed by atoms with Gasteiger partial charge in [0.25, 0.3) is 11.8 Å². The lowest BCUT2D eigenvalue weighted by Crippen LogP contribution is -2.12. The van der Waals surface area contributed by atoms with Gasteiger partial charge >= 0.3 is 0 Å². The van der Waals surface area contributed by atoms with Gasteiger partial charge < -0.3 is 9.84 Å². The molecule has 2 aromatic carbocycles. The van der Waals surface area contributed by atoms with Crippen LogP contribution >= 0.6 is 22.6 Å². The highest BCUT2D eigenvalue weighted by Crippen LogP contribution is 2.28. The van der Waals surface area contributed by atoms with Crippen LogP contribution in [0.3, 0.4) is 0 Å². The van der Waals surface area contributed by atoms with Crippen molar-refractivity contribution >= 4 is 34.2 Å². The Morgan fingerprint density at radius 1 is 1.00 bits per heavy atom. The number of halogens is 1. The van der Waals surface area contributed by atoms with Crippen LogP contribution in [-0.2, 0) is 0 Å². The molecule has 0 radical (unpaired) electrons. The van der Waals surface area contributed by atoms with E-state index in [-0.39, 0.29) is 5.91 Å². The van der Waals surface area contributed by atoms with Gasteiger partial charge in [0.2, 0.25) is 5.82 Å². The third kappa shape index (κ3) is 3.87. The van der Waals surface area contributed by atoms with Gasteiger partial charge in [0.1, 0.15) is 0 Å². The average Bonchev–Trinajstić information content (AvgIpc) is 3.19.